The molecule has 57 heavy (non-hydrogen) atoms. The molecule has 0 spiro atoms. The van der Waals surface area contributed by atoms with E-state index in [1.807, 2.05) is 0 Å². The minimum atomic E-state index is -0.426. The van der Waals surface area contributed by atoms with Crippen molar-refractivity contribution >= 4 is 5.91 Å². The molecular weight excluding hydrogens is 710 g/mol. The van der Waals surface area contributed by atoms with Gasteiger partial charge in [-0.3, -0.25) is 4.79 Å². The van der Waals surface area contributed by atoms with Crippen molar-refractivity contribution in [3.8, 4) is 11.5 Å². The number of rotatable bonds is 19. The first-order valence-corrected chi connectivity index (χ1v) is 20.9. The Hall–Kier alpha value is -4.98. The first-order valence-electron chi connectivity index (χ1n) is 20.9. The van der Waals surface area contributed by atoms with Crippen LogP contribution < -0.4 is 25.4 Å². The number of carbonyl (C=O) groups excluding carboxylic acids is 1. The van der Waals surface area contributed by atoms with Crippen molar-refractivity contribution < 1.29 is 18.7 Å². The second kappa shape index (κ2) is 19.0. The van der Waals surface area contributed by atoms with Gasteiger partial charge in [-0.2, -0.15) is 0 Å². The van der Waals surface area contributed by atoms with Gasteiger partial charge in [0.15, 0.2) is 11.5 Å². The van der Waals surface area contributed by atoms with Crippen molar-refractivity contribution in [1.29, 1.82) is 0 Å². The molecule has 2 aliphatic rings. The largest absolute Gasteiger partial charge is 0.493 e. The molecule has 1 fully saturated rings. The summed E-state index contributed by atoms with van der Waals surface area (Å²) in [5.41, 5.74) is 7.95. The number of nitrogens with one attached hydrogen (secondary N) is 3. The van der Waals surface area contributed by atoms with Gasteiger partial charge >= 0.3 is 0 Å². The van der Waals surface area contributed by atoms with Crippen molar-refractivity contribution in [3.63, 3.8) is 0 Å². The Labute approximate surface area is 338 Å². The van der Waals surface area contributed by atoms with E-state index in [9.17, 15) is 9.18 Å². The molecule has 1 aliphatic heterocycles. The van der Waals surface area contributed by atoms with E-state index in [1.54, 1.807) is 26.4 Å². The van der Waals surface area contributed by atoms with Crippen LogP contribution in [0.5, 0.6) is 11.5 Å². The van der Waals surface area contributed by atoms with Gasteiger partial charge in [0, 0.05) is 37.5 Å². The molecule has 0 bridgehead atoms. The maximum Gasteiger partial charge on any atom is 0.220 e. The Bertz CT molecular complexity index is 1990. The van der Waals surface area contributed by atoms with E-state index in [0.29, 0.717) is 25.4 Å². The van der Waals surface area contributed by atoms with Gasteiger partial charge in [0.1, 0.15) is 5.82 Å². The van der Waals surface area contributed by atoms with Gasteiger partial charge in [0.2, 0.25) is 5.91 Å². The number of halogens is 1. The van der Waals surface area contributed by atoms with Crippen LogP contribution in [0.25, 0.3) is 0 Å². The molecule has 5 aromatic carbocycles. The van der Waals surface area contributed by atoms with E-state index in [2.05, 4.69) is 113 Å². The van der Waals surface area contributed by atoms with Gasteiger partial charge in [-0.05, 0) is 121 Å². The Kier molecular flexibility index (Phi) is 13.4. The second-order valence-corrected chi connectivity index (χ2v) is 15.9. The molecule has 298 valence electrons. The number of fused-ring (bicyclic) bond motifs is 1. The lowest BCUT2D eigenvalue weighted by Gasteiger charge is -2.43. The predicted octanol–water partition coefficient (Wildman–Crippen LogP) is 9.56. The molecule has 1 unspecified atom stereocenters. The number of hydrogen-bond acceptors (Lipinski definition) is 5. The molecule has 1 amide bonds. The SMILES string of the molecule is COc1cc2c(cc1OC)C(CCCC(CCCNC(=O)CCc1ccc(F)cc1)(c1ccccc1)c1ccccc1)(c1ccc(CNC3CCC3)cc1)NCC2. The van der Waals surface area contributed by atoms with E-state index in [-0.39, 0.29) is 17.1 Å². The highest BCUT2D eigenvalue weighted by molar-refractivity contribution is 5.76. The van der Waals surface area contributed by atoms with Crippen LogP contribution in [0.2, 0.25) is 0 Å². The lowest BCUT2D eigenvalue weighted by Crippen LogP contribution is -2.48. The molecule has 0 radical (unpaired) electrons. The predicted molar refractivity (Wildman–Crippen MR) is 227 cm³/mol. The van der Waals surface area contributed by atoms with Crippen LogP contribution in [0.4, 0.5) is 4.39 Å². The van der Waals surface area contributed by atoms with E-state index in [4.69, 9.17) is 9.47 Å². The standard InChI is InChI=1S/C50H58FN3O3/c1-56-46-34-39-28-33-54-50(45(39)35-47(46)57-2,42-23-18-38(19-24-42)36-53-44-16-9-17-44)31-10-29-49(40-12-5-3-6-13-40,41-14-7-4-8-15-41)30-11-32-52-48(55)27-22-37-20-25-43(51)26-21-37/h3-8,12-15,18-21,23-26,34-35,44,53-54H,9-11,16-17,22,27-33,36H2,1-2H3,(H,52,55). The minimum Gasteiger partial charge on any atom is -0.493 e. The van der Waals surface area contributed by atoms with Crippen molar-refractivity contribution in [3.05, 3.63) is 166 Å². The van der Waals surface area contributed by atoms with Crippen LogP contribution in [0.1, 0.15) is 96.7 Å². The summed E-state index contributed by atoms with van der Waals surface area (Å²) in [5.74, 6) is 1.26. The number of amides is 1. The summed E-state index contributed by atoms with van der Waals surface area (Å²) in [7, 11) is 3.43. The molecule has 1 aliphatic carbocycles. The van der Waals surface area contributed by atoms with Crippen LogP contribution in [0, 0.1) is 5.82 Å². The van der Waals surface area contributed by atoms with Crippen molar-refractivity contribution in [1.82, 2.24) is 16.0 Å². The number of aryl methyl sites for hydroxylation is 1. The normalized spacial score (nSPS) is 16.7. The summed E-state index contributed by atoms with van der Waals surface area (Å²) >= 11 is 0. The van der Waals surface area contributed by atoms with Crippen LogP contribution in [0.3, 0.4) is 0 Å². The molecule has 3 N–H and O–H groups in total. The molecule has 0 aromatic heterocycles. The third kappa shape index (κ3) is 9.43. The molecule has 1 atom stereocenters. The Morgan fingerprint density at radius 3 is 2.07 bits per heavy atom. The Morgan fingerprint density at radius 2 is 1.44 bits per heavy atom. The summed E-state index contributed by atoms with van der Waals surface area (Å²) < 4.78 is 25.1. The Morgan fingerprint density at radius 1 is 0.807 bits per heavy atom. The highest BCUT2D eigenvalue weighted by Crippen LogP contribution is 2.47. The maximum absolute atomic E-state index is 13.4. The van der Waals surface area contributed by atoms with Crippen LogP contribution in [0.15, 0.2) is 121 Å². The molecule has 1 heterocycles. The van der Waals surface area contributed by atoms with Crippen molar-refractivity contribution in [2.45, 2.75) is 94.2 Å². The van der Waals surface area contributed by atoms with Gasteiger partial charge < -0.3 is 25.4 Å². The average molecular weight is 768 g/mol. The fourth-order valence-electron chi connectivity index (χ4n) is 9.09. The summed E-state index contributed by atoms with van der Waals surface area (Å²) in [6, 6.07) is 42.5. The molecule has 0 saturated heterocycles. The lowest BCUT2D eigenvalue weighted by molar-refractivity contribution is -0.121. The summed E-state index contributed by atoms with van der Waals surface area (Å²) in [6.07, 6.45) is 10.2. The number of carbonyl (C=O) groups is 1. The zero-order chi connectivity index (χ0) is 39.5. The number of benzene rings is 5. The topological polar surface area (TPSA) is 71.6 Å². The second-order valence-electron chi connectivity index (χ2n) is 15.9. The minimum absolute atomic E-state index is 0.0187. The highest BCUT2D eigenvalue weighted by Gasteiger charge is 2.41. The first-order chi connectivity index (χ1) is 27.9. The maximum atomic E-state index is 13.4. The first kappa shape index (κ1) is 40.2. The van der Waals surface area contributed by atoms with Gasteiger partial charge in [0.05, 0.1) is 19.8 Å². The molecule has 7 heteroatoms. The molecule has 6 nitrogen and oxygen atoms in total. The highest BCUT2D eigenvalue weighted by atomic mass is 19.1. The summed E-state index contributed by atoms with van der Waals surface area (Å²) in [5, 5.41) is 11.0. The molecule has 7 rings (SSSR count). The average Bonchev–Trinajstić information content (AvgIpc) is 3.24. The van der Waals surface area contributed by atoms with E-state index >= 15 is 0 Å². The molecule has 1 saturated carbocycles. The summed E-state index contributed by atoms with van der Waals surface area (Å²) in [6.45, 7) is 2.33. The smallest absolute Gasteiger partial charge is 0.220 e. The molecular formula is C50H58FN3O3. The van der Waals surface area contributed by atoms with Crippen LogP contribution >= 0.6 is 0 Å². The Balaban J connectivity index is 1.15. The fourth-order valence-corrected chi connectivity index (χ4v) is 9.09. The third-order valence-electron chi connectivity index (χ3n) is 12.5. The molecule has 5 aromatic rings. The van der Waals surface area contributed by atoms with Gasteiger partial charge in [0.25, 0.3) is 0 Å². The van der Waals surface area contributed by atoms with Crippen molar-refractivity contribution in [2.24, 2.45) is 0 Å². The number of ether oxygens (including phenoxy) is 2. The summed E-state index contributed by atoms with van der Waals surface area (Å²) in [4.78, 5) is 12.9. The number of methoxy groups -OCH3 is 2. The van der Waals surface area contributed by atoms with E-state index < -0.39 is 5.54 Å². The lowest BCUT2D eigenvalue weighted by atomic mass is 9.66. The van der Waals surface area contributed by atoms with Gasteiger partial charge in [-0.1, -0.05) is 103 Å². The van der Waals surface area contributed by atoms with Crippen molar-refractivity contribution in [2.75, 3.05) is 27.3 Å². The zero-order valence-electron chi connectivity index (χ0n) is 33.6. The fraction of sp³-hybridized carbons (Fsp3) is 0.380. The van der Waals surface area contributed by atoms with E-state index in [1.165, 1.54) is 64.8 Å². The van der Waals surface area contributed by atoms with E-state index in [0.717, 1.165) is 68.7 Å². The quantitative estimate of drug-likeness (QED) is 0.0731. The van der Waals surface area contributed by atoms with Crippen LogP contribution in [-0.4, -0.2) is 39.3 Å². The van der Waals surface area contributed by atoms with Gasteiger partial charge in [-0.25, -0.2) is 4.39 Å². The van der Waals surface area contributed by atoms with Gasteiger partial charge in [-0.15, -0.1) is 0 Å². The number of hydrogen-bond donors (Lipinski definition) is 3. The zero-order valence-corrected chi connectivity index (χ0v) is 33.6. The third-order valence-corrected chi connectivity index (χ3v) is 12.5. The van der Waals surface area contributed by atoms with Crippen LogP contribution in [-0.2, 0) is 35.1 Å². The monoisotopic (exact) mass is 767 g/mol.